The van der Waals surface area contributed by atoms with Gasteiger partial charge in [-0.1, -0.05) is 71.4 Å². The minimum atomic E-state index is -0.155. The van der Waals surface area contributed by atoms with E-state index < -0.39 is 0 Å². The third kappa shape index (κ3) is 4.99. The Morgan fingerprint density at radius 1 is 0.938 bits per heavy atom. The van der Waals surface area contributed by atoms with Gasteiger partial charge < -0.3 is 5.32 Å². The molecule has 4 aromatic rings. The van der Waals surface area contributed by atoms with Crippen LogP contribution in [0, 0.1) is 13.8 Å². The Labute approximate surface area is 200 Å². The maximum absolute atomic E-state index is 12.5. The number of rotatable bonds is 6. The zero-order valence-corrected chi connectivity index (χ0v) is 19.8. The fourth-order valence-corrected chi connectivity index (χ4v) is 4.20. The average molecular weight is 483 g/mol. The lowest BCUT2D eigenvalue weighted by Gasteiger charge is -2.11. The van der Waals surface area contributed by atoms with E-state index >= 15 is 0 Å². The molecule has 1 aromatic heterocycles. The monoisotopic (exact) mass is 482 g/mol. The highest BCUT2D eigenvalue weighted by atomic mass is 35.5. The quantitative estimate of drug-likeness (QED) is 0.315. The Kier molecular flexibility index (Phi) is 6.84. The van der Waals surface area contributed by atoms with Gasteiger partial charge in [-0.25, -0.2) is 0 Å². The van der Waals surface area contributed by atoms with Crippen LogP contribution >= 0.6 is 35.0 Å². The van der Waals surface area contributed by atoms with Crippen LogP contribution in [0.5, 0.6) is 0 Å². The zero-order chi connectivity index (χ0) is 22.7. The number of hydrogen-bond acceptors (Lipinski definition) is 4. The zero-order valence-electron chi connectivity index (χ0n) is 17.5. The van der Waals surface area contributed by atoms with Gasteiger partial charge in [-0.05, 0) is 55.3 Å². The molecule has 1 amide bonds. The number of aryl methyl sites for hydroxylation is 2. The van der Waals surface area contributed by atoms with Crippen molar-refractivity contribution >= 4 is 46.6 Å². The van der Waals surface area contributed by atoms with Crippen LogP contribution in [0.4, 0.5) is 5.69 Å². The molecule has 1 heterocycles. The maximum atomic E-state index is 12.5. The molecule has 8 heteroatoms. The number of carbonyl (C=O) groups excluding carboxylic acids is 1. The average Bonchev–Trinajstić information content (AvgIpc) is 3.21. The molecule has 4 rings (SSSR count). The van der Waals surface area contributed by atoms with E-state index in [-0.39, 0.29) is 11.7 Å². The third-order valence-electron chi connectivity index (χ3n) is 4.87. The van der Waals surface area contributed by atoms with Gasteiger partial charge in [-0.2, -0.15) is 0 Å². The Hall–Kier alpha value is -2.80. The Bertz CT molecular complexity index is 1270. The number of hydrogen-bond donors (Lipinski definition) is 1. The number of anilines is 1. The molecule has 162 valence electrons. The van der Waals surface area contributed by atoms with E-state index in [1.54, 1.807) is 6.07 Å². The summed E-state index contributed by atoms with van der Waals surface area (Å²) in [5, 5.41) is 13.5. The summed E-state index contributed by atoms with van der Waals surface area (Å²) in [5.74, 6) is 0.675. The standard InChI is InChI=1S/C24H20Cl2N4OS/c1-15-8-10-17(12-20(15)25)23-28-29-24(30(23)19-6-4-3-5-7-19)32-14-22(31)27-18-11-9-16(2)21(26)13-18/h3-13H,14H2,1-2H3,(H,27,31). The number of nitrogens with zero attached hydrogens (tertiary/aromatic N) is 3. The molecule has 0 aliphatic heterocycles. The maximum Gasteiger partial charge on any atom is 0.234 e. The first-order valence-corrected chi connectivity index (χ1v) is 11.6. The summed E-state index contributed by atoms with van der Waals surface area (Å²) >= 11 is 13.8. The molecule has 5 nitrogen and oxygen atoms in total. The Morgan fingerprint density at radius 2 is 1.62 bits per heavy atom. The van der Waals surface area contributed by atoms with Crippen molar-refractivity contribution in [2.45, 2.75) is 19.0 Å². The van der Waals surface area contributed by atoms with Crippen LogP contribution in [0.1, 0.15) is 11.1 Å². The van der Waals surface area contributed by atoms with E-state index in [4.69, 9.17) is 23.2 Å². The number of nitrogens with one attached hydrogen (secondary N) is 1. The lowest BCUT2D eigenvalue weighted by molar-refractivity contribution is -0.113. The van der Waals surface area contributed by atoms with Gasteiger partial charge in [0, 0.05) is 27.0 Å². The molecule has 3 aromatic carbocycles. The minimum Gasteiger partial charge on any atom is -0.325 e. The van der Waals surface area contributed by atoms with Gasteiger partial charge in [0.2, 0.25) is 5.91 Å². The number of para-hydroxylation sites is 1. The van der Waals surface area contributed by atoms with Gasteiger partial charge in [0.25, 0.3) is 0 Å². The van der Waals surface area contributed by atoms with Gasteiger partial charge in [-0.3, -0.25) is 9.36 Å². The molecule has 0 aliphatic rings. The van der Waals surface area contributed by atoms with Gasteiger partial charge in [0.05, 0.1) is 5.75 Å². The summed E-state index contributed by atoms with van der Waals surface area (Å²) in [6, 6.07) is 21.0. The lowest BCUT2D eigenvalue weighted by atomic mass is 10.1. The summed E-state index contributed by atoms with van der Waals surface area (Å²) < 4.78 is 1.93. The summed E-state index contributed by atoms with van der Waals surface area (Å²) in [4.78, 5) is 12.5. The topological polar surface area (TPSA) is 59.8 Å². The van der Waals surface area contributed by atoms with E-state index in [9.17, 15) is 4.79 Å². The Morgan fingerprint density at radius 3 is 2.31 bits per heavy atom. The van der Waals surface area contributed by atoms with Crippen molar-refractivity contribution < 1.29 is 4.79 Å². The molecule has 0 atom stereocenters. The van der Waals surface area contributed by atoms with E-state index in [2.05, 4.69) is 15.5 Å². The number of amides is 1. The van der Waals surface area contributed by atoms with Gasteiger partial charge in [-0.15, -0.1) is 10.2 Å². The normalized spacial score (nSPS) is 10.9. The molecule has 32 heavy (non-hydrogen) atoms. The number of aromatic nitrogens is 3. The predicted octanol–water partition coefficient (Wildman–Crippen LogP) is 6.59. The largest absolute Gasteiger partial charge is 0.325 e. The Balaban J connectivity index is 1.59. The highest BCUT2D eigenvalue weighted by Crippen LogP contribution is 2.30. The second-order valence-corrected chi connectivity index (χ2v) is 9.00. The van der Waals surface area contributed by atoms with Crippen LogP contribution in [-0.2, 0) is 4.79 Å². The SMILES string of the molecule is Cc1ccc(NC(=O)CSc2nnc(-c3ccc(C)c(Cl)c3)n2-c2ccccc2)cc1Cl. The molecule has 0 bridgehead atoms. The first kappa shape index (κ1) is 22.4. The van der Waals surface area contributed by atoms with Crippen molar-refractivity contribution in [3.63, 3.8) is 0 Å². The van der Waals surface area contributed by atoms with Crippen molar-refractivity contribution in [2.24, 2.45) is 0 Å². The van der Waals surface area contributed by atoms with Gasteiger partial charge in [0.15, 0.2) is 11.0 Å². The molecule has 0 aliphatic carbocycles. The number of thioether (sulfide) groups is 1. The number of carbonyl (C=O) groups is 1. The summed E-state index contributed by atoms with van der Waals surface area (Å²) in [6.07, 6.45) is 0. The fourth-order valence-electron chi connectivity index (χ4n) is 3.09. The summed E-state index contributed by atoms with van der Waals surface area (Å²) in [7, 11) is 0. The van der Waals surface area contributed by atoms with Crippen LogP contribution < -0.4 is 5.32 Å². The highest BCUT2D eigenvalue weighted by Gasteiger charge is 2.18. The van der Waals surface area contributed by atoms with Crippen LogP contribution in [0.2, 0.25) is 10.0 Å². The first-order chi connectivity index (χ1) is 15.4. The molecule has 0 saturated carbocycles. The minimum absolute atomic E-state index is 0.155. The highest BCUT2D eigenvalue weighted by molar-refractivity contribution is 7.99. The molecule has 0 spiro atoms. The number of benzene rings is 3. The summed E-state index contributed by atoms with van der Waals surface area (Å²) in [5.41, 5.74) is 4.35. The van der Waals surface area contributed by atoms with Gasteiger partial charge >= 0.3 is 0 Å². The van der Waals surface area contributed by atoms with Crippen LogP contribution in [0.3, 0.4) is 0 Å². The molecule has 0 radical (unpaired) electrons. The second-order valence-electron chi connectivity index (χ2n) is 7.24. The van der Waals surface area contributed by atoms with Gasteiger partial charge in [0.1, 0.15) is 0 Å². The van der Waals surface area contributed by atoms with E-state index in [0.717, 1.165) is 22.4 Å². The number of halogens is 2. The smallest absolute Gasteiger partial charge is 0.234 e. The van der Waals surface area contributed by atoms with E-state index in [1.807, 2.05) is 79.1 Å². The predicted molar refractivity (Wildman–Crippen MR) is 132 cm³/mol. The molecular weight excluding hydrogens is 463 g/mol. The van der Waals surface area contributed by atoms with Crippen molar-refractivity contribution in [2.75, 3.05) is 11.1 Å². The van der Waals surface area contributed by atoms with Crippen LogP contribution in [-0.4, -0.2) is 26.4 Å². The first-order valence-electron chi connectivity index (χ1n) is 9.88. The van der Waals surface area contributed by atoms with E-state index in [1.165, 1.54) is 11.8 Å². The lowest BCUT2D eigenvalue weighted by Crippen LogP contribution is -2.14. The van der Waals surface area contributed by atoms with Crippen LogP contribution in [0.25, 0.3) is 17.1 Å². The van der Waals surface area contributed by atoms with Crippen molar-refractivity contribution in [1.29, 1.82) is 0 Å². The second kappa shape index (κ2) is 9.77. The molecule has 1 N–H and O–H groups in total. The van der Waals surface area contributed by atoms with Crippen molar-refractivity contribution in [3.8, 4) is 17.1 Å². The van der Waals surface area contributed by atoms with E-state index in [0.29, 0.717) is 26.7 Å². The summed E-state index contributed by atoms with van der Waals surface area (Å²) in [6.45, 7) is 3.87. The van der Waals surface area contributed by atoms with Crippen molar-refractivity contribution in [3.05, 3.63) is 87.9 Å². The molecular formula is C24H20Cl2N4OS. The molecule has 0 saturated heterocycles. The molecule has 0 unspecified atom stereocenters. The van der Waals surface area contributed by atoms with Crippen molar-refractivity contribution in [1.82, 2.24) is 14.8 Å². The third-order valence-corrected chi connectivity index (χ3v) is 6.61. The fraction of sp³-hybridized carbons (Fsp3) is 0.125. The van der Waals surface area contributed by atoms with Crippen LogP contribution in [0.15, 0.2) is 71.9 Å². The molecule has 0 fully saturated rings.